The van der Waals surface area contributed by atoms with E-state index in [2.05, 4.69) is 10.1 Å². The molecule has 0 saturated heterocycles. The molecule has 0 aliphatic heterocycles. The minimum absolute atomic E-state index is 0.0793. The van der Waals surface area contributed by atoms with E-state index in [1.165, 1.54) is 25.3 Å². The Labute approximate surface area is 163 Å². The number of carbonyl (C=O) groups excluding carboxylic acids is 2. The predicted octanol–water partition coefficient (Wildman–Crippen LogP) is 3.53. The molecule has 1 amide bonds. The third-order valence-electron chi connectivity index (χ3n) is 3.45. The van der Waals surface area contributed by atoms with Gasteiger partial charge >= 0.3 is 12.1 Å². The zero-order valence-electron chi connectivity index (χ0n) is 15.6. The fourth-order valence-electron chi connectivity index (χ4n) is 2.28. The zero-order valence-corrected chi connectivity index (χ0v) is 16.5. The van der Waals surface area contributed by atoms with Crippen LogP contribution in [-0.2, 0) is 22.8 Å². The summed E-state index contributed by atoms with van der Waals surface area (Å²) in [5, 5.41) is 3.74. The number of hydrogen-bond donors (Lipinski definition) is 0. The Morgan fingerprint density at radius 2 is 2.07 bits per heavy atom. The number of rotatable bonds is 6. The molecule has 0 fully saturated rings. The maximum atomic E-state index is 13.3. The lowest BCUT2D eigenvalue weighted by molar-refractivity contribution is -0.141. The third kappa shape index (κ3) is 4.97. The quantitative estimate of drug-likeness (QED) is 0.532. The van der Waals surface area contributed by atoms with Gasteiger partial charge in [0, 0.05) is 30.9 Å². The predicted molar refractivity (Wildman–Crippen MR) is 97.9 cm³/mol. The number of carbonyl (C=O) groups is 2. The Hall–Kier alpha value is -2.69. The van der Waals surface area contributed by atoms with E-state index < -0.39 is 34.7 Å². The van der Waals surface area contributed by atoms with Crippen molar-refractivity contribution in [2.75, 3.05) is 11.5 Å². The topological polar surface area (TPSA) is 77.3 Å². The van der Waals surface area contributed by atoms with Gasteiger partial charge in [0.05, 0.1) is 12.8 Å². The fraction of sp³-hybridized carbons (Fsp3) is 0.412. The molecule has 2 aromatic heterocycles. The number of nitrogens with zero attached hydrogens (tertiary/aromatic N) is 4. The summed E-state index contributed by atoms with van der Waals surface area (Å²) in [6.45, 7) is 4.67. The van der Waals surface area contributed by atoms with Crippen molar-refractivity contribution < 1.29 is 27.5 Å². The second-order valence-electron chi connectivity index (χ2n) is 5.98. The van der Waals surface area contributed by atoms with Crippen molar-refractivity contribution >= 4 is 34.4 Å². The van der Waals surface area contributed by atoms with Crippen molar-refractivity contribution in [1.82, 2.24) is 14.8 Å². The number of ether oxygens (including phenoxy) is 1. The second-order valence-corrected chi connectivity index (χ2v) is 6.95. The van der Waals surface area contributed by atoms with E-state index in [4.69, 9.17) is 4.74 Å². The van der Waals surface area contributed by atoms with Gasteiger partial charge in [0.25, 0.3) is 5.91 Å². The van der Waals surface area contributed by atoms with Crippen molar-refractivity contribution in [1.29, 1.82) is 0 Å². The first-order chi connectivity index (χ1) is 13.0. The van der Waals surface area contributed by atoms with Gasteiger partial charge in [-0.05, 0) is 26.8 Å². The van der Waals surface area contributed by atoms with Crippen LogP contribution in [0.15, 0.2) is 18.5 Å². The fourth-order valence-corrected chi connectivity index (χ4v) is 3.40. The molecule has 11 heteroatoms. The first-order valence-corrected chi connectivity index (χ1v) is 9.11. The van der Waals surface area contributed by atoms with E-state index in [9.17, 15) is 22.8 Å². The van der Waals surface area contributed by atoms with E-state index in [0.29, 0.717) is 16.9 Å². The number of amides is 1. The van der Waals surface area contributed by atoms with E-state index in [0.717, 1.165) is 4.90 Å². The maximum absolute atomic E-state index is 13.3. The van der Waals surface area contributed by atoms with Crippen LogP contribution in [0.1, 0.15) is 41.7 Å². The van der Waals surface area contributed by atoms with Crippen molar-refractivity contribution in [2.24, 2.45) is 7.05 Å². The highest BCUT2D eigenvalue weighted by molar-refractivity contribution is 7.17. The molecule has 2 aromatic rings. The smallest absolute Gasteiger partial charge is 0.435 e. The summed E-state index contributed by atoms with van der Waals surface area (Å²) in [5.41, 5.74) is -0.706. The zero-order chi connectivity index (χ0) is 21.1. The van der Waals surface area contributed by atoms with Crippen LogP contribution in [0.25, 0.3) is 6.08 Å². The normalized spacial score (nSPS) is 12.0. The molecule has 0 saturated carbocycles. The van der Waals surface area contributed by atoms with Gasteiger partial charge in [0.1, 0.15) is 4.88 Å². The molecule has 0 spiro atoms. The van der Waals surface area contributed by atoms with E-state index in [-0.39, 0.29) is 11.7 Å². The molecule has 0 bridgehead atoms. The van der Waals surface area contributed by atoms with Crippen LogP contribution < -0.4 is 4.90 Å². The van der Waals surface area contributed by atoms with Gasteiger partial charge in [-0.3, -0.25) is 14.4 Å². The summed E-state index contributed by atoms with van der Waals surface area (Å²) in [7, 11) is 1.71. The molecule has 0 aliphatic carbocycles. The molecule has 0 radical (unpaired) electrons. The molecule has 2 rings (SSSR count). The molecule has 152 valence electrons. The Morgan fingerprint density at radius 3 is 2.57 bits per heavy atom. The van der Waals surface area contributed by atoms with E-state index in [1.807, 2.05) is 0 Å². The van der Waals surface area contributed by atoms with Crippen molar-refractivity contribution in [2.45, 2.75) is 33.0 Å². The Balaban J connectivity index is 2.41. The van der Waals surface area contributed by atoms with Crippen LogP contribution in [0, 0.1) is 0 Å². The van der Waals surface area contributed by atoms with Gasteiger partial charge < -0.3 is 4.74 Å². The number of alkyl halides is 3. The monoisotopic (exact) mass is 416 g/mol. The number of thiazole rings is 1. The highest BCUT2D eigenvalue weighted by Gasteiger charge is 2.41. The van der Waals surface area contributed by atoms with Crippen LogP contribution in [0.5, 0.6) is 0 Å². The lowest BCUT2D eigenvalue weighted by Gasteiger charge is -2.22. The van der Waals surface area contributed by atoms with Gasteiger partial charge in [0.2, 0.25) is 0 Å². The molecule has 0 N–H and O–H groups in total. The SMILES string of the molecule is CCOC(=O)c1sc(N(C(=O)C=Cc2cnn(C)c2)C(C)C)nc1C(F)(F)F. The average molecular weight is 416 g/mol. The van der Waals surface area contributed by atoms with E-state index >= 15 is 0 Å². The summed E-state index contributed by atoms with van der Waals surface area (Å²) < 4.78 is 46.2. The molecule has 0 unspecified atom stereocenters. The van der Waals surface area contributed by atoms with Crippen LogP contribution in [0.4, 0.5) is 18.3 Å². The van der Waals surface area contributed by atoms with Crippen LogP contribution in [0.3, 0.4) is 0 Å². The first kappa shape index (κ1) is 21.6. The maximum Gasteiger partial charge on any atom is 0.435 e. The minimum atomic E-state index is -4.85. The van der Waals surface area contributed by atoms with Gasteiger partial charge in [-0.2, -0.15) is 18.3 Å². The standard InChI is InChI=1S/C17H19F3N4O3S/c1-5-27-15(26)13-14(17(18,19)20)22-16(28-13)24(10(2)3)12(25)7-6-11-8-21-23(4)9-11/h6-10H,5H2,1-4H3. The molecule has 2 heterocycles. The summed E-state index contributed by atoms with van der Waals surface area (Å²) in [6.07, 6.45) is 1.07. The summed E-state index contributed by atoms with van der Waals surface area (Å²) in [4.78, 5) is 28.5. The van der Waals surface area contributed by atoms with Crippen LogP contribution in [0.2, 0.25) is 0 Å². The lowest BCUT2D eigenvalue weighted by atomic mass is 10.3. The number of hydrogen-bond acceptors (Lipinski definition) is 6. The summed E-state index contributed by atoms with van der Waals surface area (Å²) in [5.74, 6) is -1.70. The molecule has 0 aliphatic rings. The second kappa shape index (κ2) is 8.55. The van der Waals surface area contributed by atoms with Gasteiger partial charge in [-0.1, -0.05) is 11.3 Å². The van der Waals surface area contributed by atoms with Gasteiger partial charge in [0.15, 0.2) is 10.8 Å². The molecule has 0 aromatic carbocycles. The number of esters is 1. The third-order valence-corrected chi connectivity index (χ3v) is 4.48. The minimum Gasteiger partial charge on any atom is -0.462 e. The Kier molecular flexibility index (Phi) is 6.60. The number of aryl methyl sites for hydroxylation is 1. The number of aromatic nitrogens is 3. The summed E-state index contributed by atoms with van der Waals surface area (Å²) >= 11 is 0.474. The van der Waals surface area contributed by atoms with Gasteiger partial charge in [-0.25, -0.2) is 9.78 Å². The Bertz CT molecular complexity index is 887. The van der Waals surface area contributed by atoms with Crippen molar-refractivity contribution in [3.63, 3.8) is 0 Å². The lowest BCUT2D eigenvalue weighted by Crippen LogP contribution is -2.35. The molecule has 28 heavy (non-hydrogen) atoms. The first-order valence-electron chi connectivity index (χ1n) is 8.29. The van der Waals surface area contributed by atoms with Gasteiger partial charge in [-0.15, -0.1) is 0 Å². The Morgan fingerprint density at radius 1 is 1.39 bits per heavy atom. The highest BCUT2D eigenvalue weighted by Crippen LogP contribution is 2.38. The molecular formula is C17H19F3N4O3S. The number of halogens is 3. The van der Waals surface area contributed by atoms with Crippen LogP contribution >= 0.6 is 11.3 Å². The molecular weight excluding hydrogens is 397 g/mol. The molecule has 0 atom stereocenters. The van der Waals surface area contributed by atoms with Crippen LogP contribution in [-0.4, -0.2) is 39.3 Å². The average Bonchev–Trinajstić information content (AvgIpc) is 3.19. The largest absolute Gasteiger partial charge is 0.462 e. The number of anilines is 1. The molecule has 7 nitrogen and oxygen atoms in total. The summed E-state index contributed by atoms with van der Waals surface area (Å²) in [6, 6.07) is -0.492. The van der Waals surface area contributed by atoms with Crippen molar-refractivity contribution in [3.8, 4) is 0 Å². The highest BCUT2D eigenvalue weighted by atomic mass is 32.1. The van der Waals surface area contributed by atoms with Crippen molar-refractivity contribution in [3.05, 3.63) is 34.6 Å². The van der Waals surface area contributed by atoms with E-state index in [1.54, 1.807) is 31.8 Å².